The van der Waals surface area contributed by atoms with Crippen LogP contribution in [-0.4, -0.2) is 20.4 Å². The van der Waals surface area contributed by atoms with Crippen LogP contribution in [0.5, 0.6) is 0 Å². The van der Waals surface area contributed by atoms with Crippen molar-refractivity contribution in [1.82, 2.24) is 20.4 Å². The first kappa shape index (κ1) is 5.80. The van der Waals surface area contributed by atoms with Crippen LogP contribution in [0.3, 0.4) is 0 Å². The maximum absolute atomic E-state index is 6.70. The van der Waals surface area contributed by atoms with E-state index in [2.05, 4.69) is 25.2 Å². The van der Waals surface area contributed by atoms with E-state index < -0.39 is 0 Å². The van der Waals surface area contributed by atoms with Gasteiger partial charge in [0.2, 0.25) is 5.69 Å². The molecule has 52 valence electrons. The number of fused-ring (bicyclic) bond motifs is 1. The van der Waals surface area contributed by atoms with Crippen LogP contribution in [0.4, 0.5) is 5.69 Å². The largest absolute Gasteiger partial charge is 0.246 e. The van der Waals surface area contributed by atoms with Gasteiger partial charge in [0, 0.05) is 6.20 Å². The molecular weight excluding hydrogens is 142 g/mol. The third-order valence-electron chi connectivity index (χ3n) is 1.29. The summed E-state index contributed by atoms with van der Waals surface area (Å²) in [7, 11) is 0. The SMILES string of the molecule is [C-]#[N+]c1cnc2n[nH]nc2c1. The molecule has 0 atom stereocenters. The Morgan fingerprint density at radius 3 is 3.18 bits per heavy atom. The smallest absolute Gasteiger partial charge is 0.207 e. The zero-order chi connectivity index (χ0) is 7.68. The second-order valence-electron chi connectivity index (χ2n) is 1.97. The lowest BCUT2D eigenvalue weighted by Gasteiger charge is -1.84. The van der Waals surface area contributed by atoms with Crippen LogP contribution in [-0.2, 0) is 0 Å². The van der Waals surface area contributed by atoms with Crippen LogP contribution in [0.1, 0.15) is 0 Å². The Balaban J connectivity index is 2.79. The zero-order valence-corrected chi connectivity index (χ0v) is 5.44. The topological polar surface area (TPSA) is 58.8 Å². The summed E-state index contributed by atoms with van der Waals surface area (Å²) in [6, 6.07) is 1.64. The summed E-state index contributed by atoms with van der Waals surface area (Å²) in [5.74, 6) is 0. The molecule has 2 aromatic heterocycles. The quantitative estimate of drug-likeness (QED) is 0.560. The van der Waals surface area contributed by atoms with Crippen LogP contribution in [0, 0.1) is 6.57 Å². The van der Waals surface area contributed by atoms with E-state index in [1.54, 1.807) is 6.07 Å². The Labute approximate surface area is 61.9 Å². The van der Waals surface area contributed by atoms with Gasteiger partial charge in [-0.15, -0.1) is 5.10 Å². The van der Waals surface area contributed by atoms with Crippen molar-refractivity contribution in [3.63, 3.8) is 0 Å². The van der Waals surface area contributed by atoms with Crippen LogP contribution in [0.15, 0.2) is 12.3 Å². The van der Waals surface area contributed by atoms with E-state index in [4.69, 9.17) is 6.57 Å². The number of nitrogens with zero attached hydrogens (tertiary/aromatic N) is 4. The number of hydrogen-bond acceptors (Lipinski definition) is 3. The van der Waals surface area contributed by atoms with Crippen molar-refractivity contribution >= 4 is 16.9 Å². The average Bonchev–Trinajstić information content (AvgIpc) is 2.50. The number of aromatic nitrogens is 4. The van der Waals surface area contributed by atoms with Crippen molar-refractivity contribution in [2.45, 2.75) is 0 Å². The molecule has 5 heteroatoms. The van der Waals surface area contributed by atoms with Gasteiger partial charge >= 0.3 is 0 Å². The van der Waals surface area contributed by atoms with Gasteiger partial charge in [0.15, 0.2) is 5.65 Å². The van der Waals surface area contributed by atoms with Crippen LogP contribution in [0.25, 0.3) is 16.0 Å². The molecule has 0 fully saturated rings. The molecule has 0 aromatic carbocycles. The molecular formula is C6H3N5. The van der Waals surface area contributed by atoms with E-state index >= 15 is 0 Å². The zero-order valence-electron chi connectivity index (χ0n) is 5.44. The highest BCUT2D eigenvalue weighted by atomic mass is 15.3. The molecule has 0 bridgehead atoms. The maximum Gasteiger partial charge on any atom is 0.207 e. The molecule has 11 heavy (non-hydrogen) atoms. The second kappa shape index (κ2) is 2.02. The van der Waals surface area contributed by atoms with Crippen LogP contribution >= 0.6 is 0 Å². The van der Waals surface area contributed by atoms with Crippen molar-refractivity contribution < 1.29 is 0 Å². The molecule has 0 saturated carbocycles. The average molecular weight is 145 g/mol. The summed E-state index contributed by atoms with van der Waals surface area (Å²) in [4.78, 5) is 7.10. The third-order valence-corrected chi connectivity index (χ3v) is 1.29. The summed E-state index contributed by atoms with van der Waals surface area (Å²) in [5.41, 5.74) is 1.64. The molecule has 0 spiro atoms. The summed E-state index contributed by atoms with van der Waals surface area (Å²) in [5, 5.41) is 9.95. The summed E-state index contributed by atoms with van der Waals surface area (Å²) in [6.45, 7) is 6.70. The van der Waals surface area contributed by atoms with Crippen LogP contribution < -0.4 is 0 Å². The molecule has 0 aliphatic rings. The second-order valence-corrected chi connectivity index (χ2v) is 1.97. The first-order valence-corrected chi connectivity index (χ1v) is 2.94. The molecule has 0 aliphatic heterocycles. The van der Waals surface area contributed by atoms with E-state index in [0.717, 1.165) is 0 Å². The van der Waals surface area contributed by atoms with Gasteiger partial charge in [-0.05, 0) is 6.07 Å². The lowest BCUT2D eigenvalue weighted by atomic mass is 10.4. The van der Waals surface area contributed by atoms with Crippen LogP contribution in [0.2, 0.25) is 0 Å². The minimum absolute atomic E-state index is 0.478. The van der Waals surface area contributed by atoms with Crippen molar-refractivity contribution in [1.29, 1.82) is 0 Å². The number of hydrogen-bond donors (Lipinski definition) is 1. The van der Waals surface area contributed by atoms with Crippen molar-refractivity contribution in [3.8, 4) is 0 Å². The van der Waals surface area contributed by atoms with Gasteiger partial charge in [0.1, 0.15) is 5.52 Å². The normalized spacial score (nSPS) is 9.73. The molecule has 2 aromatic rings. The Morgan fingerprint density at radius 2 is 2.36 bits per heavy atom. The predicted molar refractivity (Wildman–Crippen MR) is 37.9 cm³/mol. The minimum atomic E-state index is 0.478. The van der Waals surface area contributed by atoms with Gasteiger partial charge in [-0.1, -0.05) is 0 Å². The molecule has 5 nitrogen and oxygen atoms in total. The van der Waals surface area contributed by atoms with Gasteiger partial charge in [0.05, 0.1) is 6.57 Å². The van der Waals surface area contributed by atoms with Crippen molar-refractivity contribution in [3.05, 3.63) is 23.7 Å². The molecule has 0 unspecified atom stereocenters. The number of rotatable bonds is 0. The first-order valence-electron chi connectivity index (χ1n) is 2.94. The van der Waals surface area contributed by atoms with Gasteiger partial charge in [-0.25, -0.2) is 9.83 Å². The first-order chi connectivity index (χ1) is 5.40. The van der Waals surface area contributed by atoms with E-state index in [1.807, 2.05) is 0 Å². The monoisotopic (exact) mass is 145 g/mol. The number of H-pyrrole nitrogens is 1. The van der Waals surface area contributed by atoms with E-state index in [0.29, 0.717) is 16.9 Å². The highest BCUT2D eigenvalue weighted by Gasteiger charge is 1.98. The third kappa shape index (κ3) is 0.809. The van der Waals surface area contributed by atoms with E-state index in [9.17, 15) is 0 Å². The molecule has 0 amide bonds. The van der Waals surface area contributed by atoms with Gasteiger partial charge < -0.3 is 0 Å². The molecule has 2 heterocycles. The molecule has 0 radical (unpaired) electrons. The number of aromatic amines is 1. The van der Waals surface area contributed by atoms with E-state index in [-0.39, 0.29) is 0 Å². The van der Waals surface area contributed by atoms with E-state index in [1.165, 1.54) is 6.20 Å². The molecule has 0 aliphatic carbocycles. The summed E-state index contributed by atoms with van der Waals surface area (Å²) < 4.78 is 0. The predicted octanol–water partition coefficient (Wildman–Crippen LogP) is 0.904. The minimum Gasteiger partial charge on any atom is -0.246 e. The van der Waals surface area contributed by atoms with Crippen molar-refractivity contribution in [2.24, 2.45) is 0 Å². The number of pyridine rings is 1. The lowest BCUT2D eigenvalue weighted by molar-refractivity contribution is 0.954. The highest BCUT2D eigenvalue weighted by molar-refractivity contribution is 5.73. The molecule has 0 saturated heterocycles. The maximum atomic E-state index is 6.70. The van der Waals surface area contributed by atoms with Gasteiger partial charge in [-0.3, -0.25) is 0 Å². The fraction of sp³-hybridized carbons (Fsp3) is 0. The Kier molecular flexibility index (Phi) is 1.07. The summed E-state index contributed by atoms with van der Waals surface area (Å²) in [6.07, 6.45) is 1.47. The Morgan fingerprint density at radius 1 is 1.45 bits per heavy atom. The fourth-order valence-corrected chi connectivity index (χ4v) is 0.791. The summed E-state index contributed by atoms with van der Waals surface area (Å²) >= 11 is 0. The van der Waals surface area contributed by atoms with Crippen molar-refractivity contribution in [2.75, 3.05) is 0 Å². The standard InChI is InChI=1S/C6H3N5/c1-7-4-2-5-6(8-3-4)10-11-9-5/h2-3H,(H,8,9,10,11). The number of nitrogens with one attached hydrogen (secondary N) is 1. The Hall–Kier alpha value is -1.96. The Bertz CT molecular complexity index is 424. The fourth-order valence-electron chi connectivity index (χ4n) is 0.791. The lowest BCUT2D eigenvalue weighted by Crippen LogP contribution is -1.73. The van der Waals surface area contributed by atoms with Gasteiger partial charge in [-0.2, -0.15) is 10.3 Å². The molecule has 1 N–H and O–H groups in total. The highest BCUT2D eigenvalue weighted by Crippen LogP contribution is 2.13. The van der Waals surface area contributed by atoms with Gasteiger partial charge in [0.25, 0.3) is 0 Å². The molecule has 2 rings (SSSR count).